The van der Waals surface area contributed by atoms with Crippen molar-refractivity contribution in [2.75, 3.05) is 25.6 Å². The first-order valence-corrected chi connectivity index (χ1v) is 5.91. The Labute approximate surface area is 106 Å². The summed E-state index contributed by atoms with van der Waals surface area (Å²) in [5.41, 5.74) is 0.203. The Balaban J connectivity index is 1.94. The van der Waals surface area contributed by atoms with Gasteiger partial charge in [-0.25, -0.2) is 4.79 Å². The normalized spacial score (nSPS) is 22.2. The Morgan fingerprint density at radius 2 is 2.22 bits per heavy atom. The van der Waals surface area contributed by atoms with Crippen molar-refractivity contribution < 1.29 is 14.6 Å². The predicted molar refractivity (Wildman–Crippen MR) is 65.4 cm³/mol. The van der Waals surface area contributed by atoms with Gasteiger partial charge in [0.25, 0.3) is 0 Å². The average molecular weight is 251 g/mol. The van der Waals surface area contributed by atoms with E-state index in [9.17, 15) is 9.90 Å². The highest BCUT2D eigenvalue weighted by Gasteiger charge is 2.28. The summed E-state index contributed by atoms with van der Waals surface area (Å²) in [5, 5.41) is 17.0. The maximum absolute atomic E-state index is 11.2. The second-order valence-electron chi connectivity index (χ2n) is 4.64. The van der Waals surface area contributed by atoms with Gasteiger partial charge in [0.05, 0.1) is 13.2 Å². The van der Waals surface area contributed by atoms with Crippen molar-refractivity contribution in [2.45, 2.75) is 18.9 Å². The van der Waals surface area contributed by atoms with Crippen molar-refractivity contribution in [1.29, 1.82) is 0 Å². The van der Waals surface area contributed by atoms with Crippen molar-refractivity contribution in [2.24, 2.45) is 5.92 Å². The van der Waals surface area contributed by atoms with Gasteiger partial charge in [-0.15, -0.1) is 10.2 Å². The first-order chi connectivity index (χ1) is 8.60. The molecule has 6 heteroatoms. The zero-order valence-electron chi connectivity index (χ0n) is 10.5. The number of aromatic nitrogens is 2. The molecule has 1 heterocycles. The van der Waals surface area contributed by atoms with Gasteiger partial charge in [0.15, 0.2) is 11.5 Å². The van der Waals surface area contributed by atoms with Gasteiger partial charge < -0.3 is 14.7 Å². The fourth-order valence-electron chi connectivity index (χ4n) is 2.07. The van der Waals surface area contributed by atoms with E-state index in [1.165, 1.54) is 7.11 Å². The smallest absolute Gasteiger partial charge is 0.358 e. The lowest BCUT2D eigenvalue weighted by atomic mass is 9.82. The Kier molecular flexibility index (Phi) is 3.76. The molecule has 0 aliphatic heterocycles. The number of methoxy groups -OCH3 is 1. The van der Waals surface area contributed by atoms with Crippen molar-refractivity contribution in [3.05, 3.63) is 17.8 Å². The molecule has 1 aliphatic rings. The summed E-state index contributed by atoms with van der Waals surface area (Å²) < 4.78 is 4.56. The van der Waals surface area contributed by atoms with Crippen LogP contribution in [-0.2, 0) is 4.74 Å². The number of ether oxygens (including phenoxy) is 1. The lowest BCUT2D eigenvalue weighted by Crippen LogP contribution is -2.37. The Bertz CT molecular complexity index is 415. The number of carbonyl (C=O) groups excluding carboxylic acids is 1. The molecule has 2 rings (SSSR count). The van der Waals surface area contributed by atoms with Gasteiger partial charge in [0, 0.05) is 13.6 Å². The minimum Gasteiger partial charge on any atom is -0.464 e. The second kappa shape index (κ2) is 5.30. The molecule has 1 aliphatic carbocycles. The van der Waals surface area contributed by atoms with Crippen LogP contribution in [0.15, 0.2) is 12.1 Å². The van der Waals surface area contributed by atoms with Crippen LogP contribution in [0.1, 0.15) is 23.3 Å². The molecule has 98 valence electrons. The van der Waals surface area contributed by atoms with Crippen molar-refractivity contribution >= 4 is 11.8 Å². The van der Waals surface area contributed by atoms with Crippen LogP contribution in [0.3, 0.4) is 0 Å². The van der Waals surface area contributed by atoms with E-state index in [0.717, 1.165) is 19.4 Å². The van der Waals surface area contributed by atoms with Crippen LogP contribution in [0, 0.1) is 5.92 Å². The first kappa shape index (κ1) is 12.8. The van der Waals surface area contributed by atoms with Gasteiger partial charge >= 0.3 is 5.97 Å². The highest BCUT2D eigenvalue weighted by atomic mass is 16.5. The van der Waals surface area contributed by atoms with Crippen LogP contribution in [0.4, 0.5) is 5.82 Å². The van der Waals surface area contributed by atoms with Crippen LogP contribution in [0.25, 0.3) is 0 Å². The fourth-order valence-corrected chi connectivity index (χ4v) is 2.07. The molecule has 0 amide bonds. The van der Waals surface area contributed by atoms with E-state index in [2.05, 4.69) is 14.9 Å². The summed E-state index contributed by atoms with van der Waals surface area (Å²) in [6, 6.07) is 3.34. The standard InChI is InChI=1S/C12H17N3O3/c1-15(7-8-5-9(16)6-8)11-4-3-10(13-14-11)12(17)18-2/h3-4,8-9,16H,5-7H2,1-2H3. The molecule has 0 aromatic carbocycles. The molecule has 0 saturated heterocycles. The first-order valence-electron chi connectivity index (χ1n) is 5.91. The second-order valence-corrected chi connectivity index (χ2v) is 4.64. The zero-order chi connectivity index (χ0) is 13.1. The molecule has 1 N–H and O–H groups in total. The molecular formula is C12H17N3O3. The number of aliphatic hydroxyl groups excluding tert-OH is 1. The Hall–Kier alpha value is -1.69. The Morgan fingerprint density at radius 1 is 1.50 bits per heavy atom. The fraction of sp³-hybridized carbons (Fsp3) is 0.583. The van der Waals surface area contributed by atoms with Crippen molar-refractivity contribution in [1.82, 2.24) is 10.2 Å². The number of aliphatic hydroxyl groups is 1. The molecule has 0 spiro atoms. The number of hydrogen-bond donors (Lipinski definition) is 1. The molecule has 1 saturated carbocycles. The van der Waals surface area contributed by atoms with E-state index in [0.29, 0.717) is 11.7 Å². The molecule has 0 radical (unpaired) electrons. The molecule has 0 unspecified atom stereocenters. The summed E-state index contributed by atoms with van der Waals surface area (Å²) in [6.07, 6.45) is 1.55. The third-order valence-electron chi connectivity index (χ3n) is 3.18. The third-order valence-corrected chi connectivity index (χ3v) is 3.18. The number of anilines is 1. The highest BCUT2D eigenvalue weighted by Crippen LogP contribution is 2.28. The topological polar surface area (TPSA) is 75.5 Å². The van der Waals surface area contributed by atoms with Gasteiger partial charge in [-0.2, -0.15) is 0 Å². The number of nitrogens with zero attached hydrogens (tertiary/aromatic N) is 3. The maximum Gasteiger partial charge on any atom is 0.358 e. The quantitative estimate of drug-likeness (QED) is 0.784. The minimum atomic E-state index is -0.487. The molecule has 0 atom stereocenters. The van der Waals surface area contributed by atoms with Crippen LogP contribution in [-0.4, -0.2) is 48.1 Å². The van der Waals surface area contributed by atoms with E-state index >= 15 is 0 Å². The molecule has 18 heavy (non-hydrogen) atoms. The average Bonchev–Trinajstić information content (AvgIpc) is 2.36. The predicted octanol–water partition coefficient (Wildman–Crippen LogP) is 0.470. The van der Waals surface area contributed by atoms with Gasteiger partial charge in [-0.1, -0.05) is 0 Å². The lowest BCUT2D eigenvalue weighted by molar-refractivity contribution is 0.0463. The molecule has 0 bridgehead atoms. The van der Waals surface area contributed by atoms with Crippen molar-refractivity contribution in [3.8, 4) is 0 Å². The summed E-state index contributed by atoms with van der Waals surface area (Å²) in [4.78, 5) is 13.2. The van der Waals surface area contributed by atoms with E-state index in [1.807, 2.05) is 11.9 Å². The summed E-state index contributed by atoms with van der Waals surface area (Å²) in [7, 11) is 3.23. The van der Waals surface area contributed by atoms with Gasteiger partial charge in [0.1, 0.15) is 0 Å². The lowest BCUT2D eigenvalue weighted by Gasteiger charge is -2.34. The zero-order valence-corrected chi connectivity index (χ0v) is 10.5. The highest BCUT2D eigenvalue weighted by molar-refractivity contribution is 5.86. The number of hydrogen-bond acceptors (Lipinski definition) is 6. The SMILES string of the molecule is COC(=O)c1ccc(N(C)CC2CC(O)C2)nn1. The van der Waals surface area contributed by atoms with Gasteiger partial charge in [-0.3, -0.25) is 0 Å². The van der Waals surface area contributed by atoms with Crippen LogP contribution < -0.4 is 4.90 Å². The molecule has 1 aromatic rings. The van der Waals surface area contributed by atoms with E-state index in [1.54, 1.807) is 12.1 Å². The maximum atomic E-state index is 11.2. The van der Waals surface area contributed by atoms with Crippen molar-refractivity contribution in [3.63, 3.8) is 0 Å². The summed E-state index contributed by atoms with van der Waals surface area (Å²) in [6.45, 7) is 0.837. The number of carbonyl (C=O) groups is 1. The van der Waals surface area contributed by atoms with E-state index in [-0.39, 0.29) is 11.8 Å². The number of rotatable bonds is 4. The van der Waals surface area contributed by atoms with E-state index in [4.69, 9.17) is 0 Å². The van der Waals surface area contributed by atoms with E-state index < -0.39 is 5.97 Å². The Morgan fingerprint density at radius 3 is 2.72 bits per heavy atom. The van der Waals surface area contributed by atoms with Crippen LogP contribution in [0.5, 0.6) is 0 Å². The van der Waals surface area contributed by atoms with Crippen LogP contribution >= 0.6 is 0 Å². The molecule has 1 fully saturated rings. The monoisotopic (exact) mass is 251 g/mol. The van der Waals surface area contributed by atoms with Gasteiger partial charge in [-0.05, 0) is 30.9 Å². The third kappa shape index (κ3) is 2.76. The molecule has 6 nitrogen and oxygen atoms in total. The largest absolute Gasteiger partial charge is 0.464 e. The molecular weight excluding hydrogens is 234 g/mol. The van der Waals surface area contributed by atoms with Crippen LogP contribution in [0.2, 0.25) is 0 Å². The van der Waals surface area contributed by atoms with Gasteiger partial charge in [0.2, 0.25) is 0 Å². The summed E-state index contributed by atoms with van der Waals surface area (Å²) in [5.74, 6) is 0.731. The molecule has 1 aromatic heterocycles. The number of esters is 1. The summed E-state index contributed by atoms with van der Waals surface area (Å²) >= 11 is 0. The minimum absolute atomic E-state index is 0.142.